The van der Waals surface area contributed by atoms with Crippen molar-refractivity contribution in [3.05, 3.63) is 88.4 Å². The zero-order valence-corrected chi connectivity index (χ0v) is 13.5. The Labute approximate surface area is 147 Å². The molecule has 26 heavy (non-hydrogen) atoms. The van der Waals surface area contributed by atoms with E-state index < -0.39 is 11.6 Å². The van der Waals surface area contributed by atoms with E-state index in [0.717, 1.165) is 17.7 Å². The van der Waals surface area contributed by atoms with Gasteiger partial charge in [-0.3, -0.25) is 4.79 Å². The molecule has 2 aromatic carbocycles. The lowest BCUT2D eigenvalue weighted by molar-refractivity contribution is 0.0965. The Kier molecular flexibility index (Phi) is 3.95. The summed E-state index contributed by atoms with van der Waals surface area (Å²) < 4.78 is 41.5. The lowest BCUT2D eigenvalue weighted by atomic mass is 9.97. The highest BCUT2D eigenvalue weighted by atomic mass is 19.1. The standard InChI is InChI=1S/C20H13F3N2O/c21-13-6-4-11(5-7-13)8-12-9-16(19-14(22)2-1-3-15(19)23)25-17-10-24-20(26)18(12)17/h1-7,9H,8,10H2,(H,24,26). The number of fused-ring (bicyclic) bond motifs is 1. The van der Waals surface area contributed by atoms with Crippen LogP contribution in [0.5, 0.6) is 0 Å². The zero-order chi connectivity index (χ0) is 18.3. The number of benzene rings is 2. The van der Waals surface area contributed by atoms with Gasteiger partial charge in [-0.25, -0.2) is 18.2 Å². The van der Waals surface area contributed by atoms with E-state index in [1.807, 2.05) is 0 Å². The van der Waals surface area contributed by atoms with Crippen LogP contribution in [0.25, 0.3) is 11.3 Å². The summed E-state index contributed by atoms with van der Waals surface area (Å²) in [6.07, 6.45) is 0.321. The highest BCUT2D eigenvalue weighted by Gasteiger charge is 2.26. The van der Waals surface area contributed by atoms with Crippen molar-refractivity contribution in [2.45, 2.75) is 13.0 Å². The first-order valence-electron chi connectivity index (χ1n) is 8.03. The van der Waals surface area contributed by atoms with Crippen LogP contribution in [0.4, 0.5) is 13.2 Å². The van der Waals surface area contributed by atoms with Crippen molar-refractivity contribution >= 4 is 5.91 Å². The molecule has 0 radical (unpaired) electrons. The molecule has 0 spiro atoms. The van der Waals surface area contributed by atoms with E-state index in [0.29, 0.717) is 23.2 Å². The SMILES string of the molecule is O=C1NCc2nc(-c3c(F)cccc3F)cc(Cc3ccc(F)cc3)c21. The van der Waals surface area contributed by atoms with Gasteiger partial charge in [-0.05, 0) is 47.9 Å². The van der Waals surface area contributed by atoms with Gasteiger partial charge in [0, 0.05) is 0 Å². The normalized spacial score (nSPS) is 12.8. The second-order valence-corrected chi connectivity index (χ2v) is 6.07. The third kappa shape index (κ3) is 2.83. The molecule has 6 heteroatoms. The molecular formula is C20H13F3N2O. The summed E-state index contributed by atoms with van der Waals surface area (Å²) in [5, 5.41) is 2.68. The van der Waals surface area contributed by atoms with Crippen molar-refractivity contribution in [3.8, 4) is 11.3 Å². The number of hydrogen-bond donors (Lipinski definition) is 1. The van der Waals surface area contributed by atoms with Crippen molar-refractivity contribution in [3.63, 3.8) is 0 Å². The predicted octanol–water partition coefficient (Wildman–Crippen LogP) is 4.00. The highest BCUT2D eigenvalue weighted by Crippen LogP contribution is 2.30. The lowest BCUT2D eigenvalue weighted by Gasteiger charge is -2.11. The minimum absolute atomic E-state index is 0.132. The largest absolute Gasteiger partial charge is 0.346 e. The highest BCUT2D eigenvalue weighted by molar-refractivity contribution is 5.99. The molecule has 1 aliphatic rings. The summed E-state index contributed by atoms with van der Waals surface area (Å²) in [7, 11) is 0. The molecule has 1 amide bonds. The molecule has 0 aliphatic carbocycles. The van der Waals surface area contributed by atoms with Crippen molar-refractivity contribution in [1.82, 2.24) is 10.3 Å². The van der Waals surface area contributed by atoms with Gasteiger partial charge in [0.15, 0.2) is 0 Å². The molecule has 1 aromatic heterocycles. The summed E-state index contributed by atoms with van der Waals surface area (Å²) in [4.78, 5) is 16.4. The van der Waals surface area contributed by atoms with Gasteiger partial charge in [0.25, 0.3) is 5.91 Å². The van der Waals surface area contributed by atoms with Crippen molar-refractivity contribution in [2.24, 2.45) is 0 Å². The molecule has 0 atom stereocenters. The average molecular weight is 354 g/mol. The van der Waals surface area contributed by atoms with Gasteiger partial charge >= 0.3 is 0 Å². The van der Waals surface area contributed by atoms with Crippen LogP contribution < -0.4 is 5.32 Å². The number of aromatic nitrogens is 1. The number of nitrogens with one attached hydrogen (secondary N) is 1. The fraction of sp³-hybridized carbons (Fsp3) is 0.100. The van der Waals surface area contributed by atoms with Gasteiger partial charge < -0.3 is 5.32 Å². The van der Waals surface area contributed by atoms with Crippen LogP contribution in [-0.2, 0) is 13.0 Å². The maximum Gasteiger partial charge on any atom is 0.253 e. The minimum Gasteiger partial charge on any atom is -0.346 e. The molecule has 3 nitrogen and oxygen atoms in total. The van der Waals surface area contributed by atoms with Gasteiger partial charge in [0.1, 0.15) is 17.5 Å². The van der Waals surface area contributed by atoms with Crippen LogP contribution in [0.15, 0.2) is 48.5 Å². The number of pyridine rings is 1. The quantitative estimate of drug-likeness (QED) is 0.772. The van der Waals surface area contributed by atoms with Crippen LogP contribution in [-0.4, -0.2) is 10.9 Å². The smallest absolute Gasteiger partial charge is 0.253 e. The molecule has 0 fully saturated rings. The van der Waals surface area contributed by atoms with Gasteiger partial charge in [-0.1, -0.05) is 18.2 Å². The van der Waals surface area contributed by atoms with E-state index in [1.54, 1.807) is 12.1 Å². The zero-order valence-electron chi connectivity index (χ0n) is 13.5. The summed E-state index contributed by atoms with van der Waals surface area (Å²) in [6, 6.07) is 11.0. The maximum atomic E-state index is 14.2. The van der Waals surface area contributed by atoms with Crippen LogP contribution in [0.1, 0.15) is 27.2 Å². The van der Waals surface area contributed by atoms with Crippen molar-refractivity contribution in [2.75, 3.05) is 0 Å². The number of carbonyl (C=O) groups is 1. The average Bonchev–Trinajstić information content (AvgIpc) is 2.98. The van der Waals surface area contributed by atoms with E-state index in [9.17, 15) is 18.0 Å². The molecule has 130 valence electrons. The van der Waals surface area contributed by atoms with Crippen LogP contribution >= 0.6 is 0 Å². The molecule has 0 saturated heterocycles. The number of carbonyl (C=O) groups excluding carboxylic acids is 1. The van der Waals surface area contributed by atoms with E-state index in [4.69, 9.17) is 0 Å². The van der Waals surface area contributed by atoms with Crippen LogP contribution in [0, 0.1) is 17.5 Å². The maximum absolute atomic E-state index is 14.2. The summed E-state index contributed by atoms with van der Waals surface area (Å²) in [5.74, 6) is -2.07. The van der Waals surface area contributed by atoms with Crippen molar-refractivity contribution < 1.29 is 18.0 Å². The van der Waals surface area contributed by atoms with Crippen LogP contribution in [0.3, 0.4) is 0 Å². The van der Waals surface area contributed by atoms with Gasteiger partial charge in [-0.15, -0.1) is 0 Å². The Balaban J connectivity index is 1.86. The number of nitrogens with zero attached hydrogens (tertiary/aromatic N) is 1. The number of halogens is 3. The van der Waals surface area contributed by atoms with Gasteiger partial charge in [0.05, 0.1) is 29.1 Å². The summed E-state index contributed by atoms with van der Waals surface area (Å²) in [6.45, 7) is 0.203. The third-order valence-electron chi connectivity index (χ3n) is 4.35. The topological polar surface area (TPSA) is 42.0 Å². The van der Waals surface area contributed by atoms with Gasteiger partial charge in [0.2, 0.25) is 0 Å². The van der Waals surface area contributed by atoms with E-state index in [1.165, 1.54) is 24.3 Å². The predicted molar refractivity (Wildman–Crippen MR) is 90.0 cm³/mol. The first-order valence-corrected chi connectivity index (χ1v) is 8.03. The number of amides is 1. The van der Waals surface area contributed by atoms with Crippen molar-refractivity contribution in [1.29, 1.82) is 0 Å². The first kappa shape index (κ1) is 16.3. The lowest BCUT2D eigenvalue weighted by Crippen LogP contribution is -2.14. The van der Waals surface area contributed by atoms with E-state index in [-0.39, 0.29) is 29.5 Å². The van der Waals surface area contributed by atoms with Gasteiger partial charge in [-0.2, -0.15) is 0 Å². The molecule has 2 heterocycles. The monoisotopic (exact) mass is 354 g/mol. The Morgan fingerprint density at radius 3 is 2.35 bits per heavy atom. The molecule has 0 unspecified atom stereocenters. The second kappa shape index (κ2) is 6.29. The summed E-state index contributed by atoms with van der Waals surface area (Å²) >= 11 is 0. The van der Waals surface area contributed by atoms with E-state index >= 15 is 0 Å². The Morgan fingerprint density at radius 1 is 0.962 bits per heavy atom. The number of hydrogen-bond acceptors (Lipinski definition) is 2. The molecule has 3 aromatic rings. The fourth-order valence-corrected chi connectivity index (χ4v) is 3.15. The fourth-order valence-electron chi connectivity index (χ4n) is 3.15. The third-order valence-corrected chi connectivity index (χ3v) is 4.35. The molecule has 0 saturated carbocycles. The second-order valence-electron chi connectivity index (χ2n) is 6.07. The van der Waals surface area contributed by atoms with E-state index in [2.05, 4.69) is 10.3 Å². The Morgan fingerprint density at radius 2 is 1.65 bits per heavy atom. The molecule has 1 N–H and O–H groups in total. The summed E-state index contributed by atoms with van der Waals surface area (Å²) in [5.41, 5.74) is 2.14. The minimum atomic E-state index is -0.720. The molecule has 4 rings (SSSR count). The molecule has 0 bridgehead atoms. The Hall–Kier alpha value is -3.15. The Bertz CT molecular complexity index is 996. The number of rotatable bonds is 3. The first-order chi connectivity index (χ1) is 12.5. The molecular weight excluding hydrogens is 341 g/mol. The van der Waals surface area contributed by atoms with Crippen LogP contribution in [0.2, 0.25) is 0 Å². The molecule has 1 aliphatic heterocycles.